The zero-order valence-electron chi connectivity index (χ0n) is 29.8. The number of fused-ring (bicyclic) bond motifs is 4. The number of hydrogen-bond donors (Lipinski definition) is 6. The van der Waals surface area contributed by atoms with Gasteiger partial charge in [0.05, 0.1) is 18.3 Å². The predicted molar refractivity (Wildman–Crippen MR) is 172 cm³/mol. The Morgan fingerprint density at radius 2 is 1.75 bits per heavy atom. The summed E-state index contributed by atoms with van der Waals surface area (Å²) >= 11 is 0. The second-order valence-electron chi connectivity index (χ2n) is 18.4. The first-order valence-electron chi connectivity index (χ1n) is 18.1. The van der Waals surface area contributed by atoms with Crippen molar-refractivity contribution in [3.05, 3.63) is 11.6 Å². The molecule has 2 spiro atoms. The van der Waals surface area contributed by atoms with Crippen molar-refractivity contribution in [3.63, 3.8) is 0 Å². The highest BCUT2D eigenvalue weighted by molar-refractivity contribution is 5.66. The van der Waals surface area contributed by atoms with Crippen LogP contribution in [-0.4, -0.2) is 104 Å². The minimum atomic E-state index is -1.90. The smallest absolute Gasteiger partial charge is 0.303 e. The lowest BCUT2D eigenvalue weighted by Crippen LogP contribution is -2.61. The van der Waals surface area contributed by atoms with Crippen LogP contribution in [0.4, 0.5) is 0 Å². The van der Waals surface area contributed by atoms with Crippen LogP contribution in [0.25, 0.3) is 0 Å². The summed E-state index contributed by atoms with van der Waals surface area (Å²) in [6.45, 7) is 15.2. The van der Waals surface area contributed by atoms with Crippen molar-refractivity contribution in [2.24, 2.45) is 44.8 Å². The molecule has 16 atom stereocenters. The lowest BCUT2D eigenvalue weighted by Gasteiger charge is -2.60. The molecule has 0 aromatic carbocycles. The van der Waals surface area contributed by atoms with Gasteiger partial charge in [-0.1, -0.05) is 46.3 Å². The van der Waals surface area contributed by atoms with E-state index in [1.54, 1.807) is 13.8 Å². The van der Waals surface area contributed by atoms with Crippen LogP contribution in [0, 0.1) is 44.8 Å². The maximum absolute atomic E-state index is 12.6. The van der Waals surface area contributed by atoms with E-state index in [1.807, 2.05) is 0 Å². The van der Waals surface area contributed by atoms with Gasteiger partial charge in [-0.25, -0.2) is 0 Å². The number of aliphatic hydroxyl groups is 6. The largest absolute Gasteiger partial charge is 0.457 e. The zero-order chi connectivity index (χ0) is 35.2. The Morgan fingerprint density at radius 1 is 1.06 bits per heavy atom. The first kappa shape index (κ1) is 35.3. The molecule has 2 aliphatic heterocycles. The van der Waals surface area contributed by atoms with Gasteiger partial charge in [-0.3, -0.25) is 4.79 Å². The number of esters is 1. The van der Waals surface area contributed by atoms with Crippen LogP contribution in [0.5, 0.6) is 0 Å². The number of hydrogen-bond acceptors (Lipinski definition) is 11. The van der Waals surface area contributed by atoms with Gasteiger partial charge in [0, 0.05) is 18.3 Å². The highest BCUT2D eigenvalue weighted by Crippen LogP contribution is 2.88. The molecule has 48 heavy (non-hydrogen) atoms. The topological polar surface area (TPSA) is 175 Å². The van der Waals surface area contributed by atoms with Crippen LogP contribution in [0.2, 0.25) is 0 Å². The Balaban J connectivity index is 1.20. The predicted octanol–water partition coefficient (Wildman–Crippen LogP) is 2.57. The molecule has 5 aliphatic carbocycles. The molecule has 0 aromatic heterocycles. The highest BCUT2D eigenvalue weighted by Gasteiger charge is 2.85. The van der Waals surface area contributed by atoms with Crippen molar-refractivity contribution in [2.45, 2.75) is 161 Å². The van der Waals surface area contributed by atoms with E-state index in [-0.39, 0.29) is 46.7 Å². The van der Waals surface area contributed by atoms with Gasteiger partial charge in [-0.05, 0) is 92.3 Å². The average Bonchev–Trinajstić information content (AvgIpc) is 3.62. The van der Waals surface area contributed by atoms with Gasteiger partial charge in [0.2, 0.25) is 0 Å². The molecule has 2 saturated heterocycles. The summed E-state index contributed by atoms with van der Waals surface area (Å²) in [5.41, 5.74) is -1.83. The van der Waals surface area contributed by atoms with E-state index in [1.165, 1.54) is 12.5 Å². The molecule has 0 unspecified atom stereocenters. The van der Waals surface area contributed by atoms with Crippen LogP contribution >= 0.6 is 0 Å². The summed E-state index contributed by atoms with van der Waals surface area (Å²) in [6, 6.07) is 0. The minimum absolute atomic E-state index is 0.0129. The third kappa shape index (κ3) is 4.35. The number of rotatable bonds is 5. The average molecular weight is 679 g/mol. The molecular formula is C37H58O11. The summed E-state index contributed by atoms with van der Waals surface area (Å²) in [5.74, 6) is -2.63. The van der Waals surface area contributed by atoms with Crippen LogP contribution in [0.1, 0.15) is 100 Å². The van der Waals surface area contributed by atoms with E-state index in [0.717, 1.165) is 38.5 Å². The maximum atomic E-state index is 12.6. The van der Waals surface area contributed by atoms with E-state index in [0.29, 0.717) is 6.42 Å². The zero-order valence-corrected chi connectivity index (χ0v) is 29.8. The van der Waals surface area contributed by atoms with E-state index >= 15 is 0 Å². The van der Waals surface area contributed by atoms with E-state index in [2.05, 4.69) is 40.7 Å². The van der Waals surface area contributed by atoms with Gasteiger partial charge < -0.3 is 49.6 Å². The summed E-state index contributed by atoms with van der Waals surface area (Å²) in [7, 11) is 0. The molecule has 4 saturated carbocycles. The van der Waals surface area contributed by atoms with E-state index < -0.39 is 71.1 Å². The SMILES string of the molecule is CC(=O)O[C@@H]([C@H]1C[C@@H](C)[C@H]2[C@@](O)(O1)[C@H](O)[C@@]1(C)C3=CC[C@@H]4C(C)(C)[C@@H](O[C@@H]5OC[C@@H](O)[C@H](O)[C@H]5O)CC[C@@]45C[C@@]35CC[C@]21C)C(C)(C)O. The molecule has 6 fully saturated rings. The molecule has 7 aliphatic rings. The summed E-state index contributed by atoms with van der Waals surface area (Å²) in [5, 5.41) is 66.9. The monoisotopic (exact) mass is 678 g/mol. The lowest BCUT2D eigenvalue weighted by molar-refractivity contribution is -0.341. The summed E-state index contributed by atoms with van der Waals surface area (Å²) in [6.07, 6.45) is -0.0661. The highest BCUT2D eigenvalue weighted by atomic mass is 16.7. The molecule has 0 radical (unpaired) electrons. The Bertz CT molecular complexity index is 1360. The number of aliphatic hydroxyl groups excluding tert-OH is 4. The molecule has 6 N–H and O–H groups in total. The van der Waals surface area contributed by atoms with Crippen molar-refractivity contribution >= 4 is 5.97 Å². The molecule has 0 bridgehead atoms. The third-order valence-corrected chi connectivity index (χ3v) is 15.2. The fraction of sp³-hybridized carbons (Fsp3) is 0.919. The quantitative estimate of drug-likeness (QED) is 0.186. The van der Waals surface area contributed by atoms with Crippen molar-refractivity contribution in [1.82, 2.24) is 0 Å². The number of allylic oxidation sites excluding steroid dienone is 1. The Labute approximate surface area is 284 Å². The van der Waals surface area contributed by atoms with Crippen LogP contribution in [0.3, 0.4) is 0 Å². The maximum Gasteiger partial charge on any atom is 0.303 e. The second kappa shape index (κ2) is 10.7. The fourth-order valence-corrected chi connectivity index (χ4v) is 13.0. The van der Waals surface area contributed by atoms with Gasteiger partial charge in [0.1, 0.15) is 30.5 Å². The summed E-state index contributed by atoms with van der Waals surface area (Å²) in [4.78, 5) is 12.1. The van der Waals surface area contributed by atoms with Crippen molar-refractivity contribution in [2.75, 3.05) is 6.61 Å². The Kier molecular flexibility index (Phi) is 7.86. The molecule has 2 heterocycles. The lowest BCUT2D eigenvalue weighted by atomic mass is 9.44. The molecule has 0 aromatic rings. The van der Waals surface area contributed by atoms with Crippen LogP contribution < -0.4 is 0 Å². The molecule has 7 rings (SSSR count). The number of carbonyl (C=O) groups excluding carboxylic acids is 1. The van der Waals surface area contributed by atoms with Crippen molar-refractivity contribution in [1.29, 1.82) is 0 Å². The van der Waals surface area contributed by atoms with Crippen LogP contribution in [-0.2, 0) is 23.7 Å². The third-order valence-electron chi connectivity index (χ3n) is 15.2. The van der Waals surface area contributed by atoms with E-state index in [4.69, 9.17) is 18.9 Å². The number of carbonyl (C=O) groups is 1. The van der Waals surface area contributed by atoms with Gasteiger partial charge in [0.25, 0.3) is 0 Å². The Morgan fingerprint density at radius 3 is 2.40 bits per heavy atom. The molecule has 11 heteroatoms. The molecule has 11 nitrogen and oxygen atoms in total. The first-order valence-corrected chi connectivity index (χ1v) is 18.1. The fourth-order valence-electron chi connectivity index (χ4n) is 13.0. The standard InChI is InChI=1S/C37H58O11/c1-18-15-21(28(32(5,6)43)46-19(2)38)48-37(44)27(18)33(7)13-14-36-17-35(36)12-11-24(47-29-26(41)25(40)20(39)16-45-29)31(3,4)22(35)9-10-23(36)34(33,8)30(37)42/h10,18,20-22,24-30,39-44H,9,11-17H2,1-8H3/t18-,20-,21-,22-,24+,25+,26-,27-,28+,29+,30-,33-,34-,35-,36+,37-/m1/s1. The molecular weight excluding hydrogens is 620 g/mol. The van der Waals surface area contributed by atoms with Gasteiger partial charge in [-0.15, -0.1) is 0 Å². The molecule has 0 amide bonds. The van der Waals surface area contributed by atoms with Crippen molar-refractivity contribution in [3.8, 4) is 0 Å². The Hall–Kier alpha value is -1.15. The normalized spacial score (nSPS) is 54.4. The second-order valence-corrected chi connectivity index (χ2v) is 18.4. The van der Waals surface area contributed by atoms with Crippen LogP contribution in [0.15, 0.2) is 11.6 Å². The molecule has 272 valence electrons. The van der Waals surface area contributed by atoms with Gasteiger partial charge >= 0.3 is 5.97 Å². The number of ether oxygens (including phenoxy) is 4. The minimum Gasteiger partial charge on any atom is -0.457 e. The summed E-state index contributed by atoms with van der Waals surface area (Å²) < 4.78 is 24.2. The van der Waals surface area contributed by atoms with E-state index in [9.17, 15) is 35.4 Å². The van der Waals surface area contributed by atoms with Gasteiger partial charge in [0.15, 0.2) is 18.2 Å². The van der Waals surface area contributed by atoms with Gasteiger partial charge in [-0.2, -0.15) is 0 Å². The first-order chi connectivity index (χ1) is 22.1. The van der Waals surface area contributed by atoms with Crippen molar-refractivity contribution < 1.29 is 54.4 Å².